The van der Waals surface area contributed by atoms with Gasteiger partial charge in [0.25, 0.3) is 0 Å². The van der Waals surface area contributed by atoms with E-state index < -0.39 is 47.8 Å². The Morgan fingerprint density at radius 1 is 0.315 bits per heavy atom. The van der Waals surface area contributed by atoms with E-state index in [9.17, 15) is 38.4 Å². The Morgan fingerprint density at radius 2 is 0.522 bits per heavy atom. The lowest BCUT2D eigenvalue weighted by atomic mass is 9.65. The van der Waals surface area contributed by atoms with Crippen LogP contribution in [0.2, 0.25) is 0 Å². The van der Waals surface area contributed by atoms with E-state index in [1.807, 2.05) is 97.1 Å². The summed E-state index contributed by atoms with van der Waals surface area (Å²) in [6, 6.07) is 47.1. The third-order valence-corrected chi connectivity index (χ3v) is 15.1. The molecule has 0 heterocycles. The van der Waals surface area contributed by atoms with Crippen molar-refractivity contribution in [1.29, 1.82) is 0 Å². The van der Waals surface area contributed by atoms with Crippen molar-refractivity contribution in [3.05, 3.63) is 228 Å². The molecule has 0 amide bonds. The Kier molecular flexibility index (Phi) is 25.5. The second kappa shape index (κ2) is 34.0. The Labute approximate surface area is 537 Å². The molecule has 18 nitrogen and oxygen atoms in total. The minimum atomic E-state index is -0.630. The van der Waals surface area contributed by atoms with E-state index >= 15 is 0 Å². The van der Waals surface area contributed by atoms with Crippen LogP contribution in [0.4, 0.5) is 34.1 Å². The van der Waals surface area contributed by atoms with Crippen molar-refractivity contribution in [2.24, 2.45) is 0 Å². The van der Waals surface area contributed by atoms with Gasteiger partial charge in [-0.1, -0.05) is 118 Å². The zero-order valence-electron chi connectivity index (χ0n) is 52.6. The van der Waals surface area contributed by atoms with Crippen molar-refractivity contribution < 1.29 is 76.3 Å². The van der Waals surface area contributed by atoms with Gasteiger partial charge in [-0.15, -0.1) is 0 Å². The molecule has 6 aromatic rings. The number of ether oxygens (including phenoxy) is 8. The van der Waals surface area contributed by atoms with E-state index in [4.69, 9.17) is 37.9 Å². The topological polar surface area (TPSA) is 217 Å². The maximum absolute atomic E-state index is 12.9. The number of esters is 8. The highest BCUT2D eigenvalue weighted by Gasteiger charge is 2.36. The molecule has 1 aliphatic carbocycles. The van der Waals surface area contributed by atoms with Gasteiger partial charge in [0.05, 0.1) is 74.4 Å². The van der Waals surface area contributed by atoms with Gasteiger partial charge >= 0.3 is 47.8 Å². The Morgan fingerprint density at radius 3 is 0.728 bits per heavy atom. The minimum absolute atomic E-state index is 0.0350. The van der Waals surface area contributed by atoms with Crippen LogP contribution in [0.5, 0.6) is 0 Å². The SMILES string of the molecule is C=C(COC(=O)Cc1ccc(N(c2ccc(CC(=O)OCC(=C)C(=O)OCC)cc2)c2ccc(C3(c4ccc(N(c5ccc(CC(=O)OCC(=C)C(=O)OCC)cc5)c5ccc(CC(=O)OCC(=C)C(=O)OCC)cc5)cc4)CCCCC3)cc2)cc1)C(=O)OCC. The number of benzene rings is 6. The quantitative estimate of drug-likeness (QED) is 0.0218. The summed E-state index contributed by atoms with van der Waals surface area (Å²) in [6.45, 7) is 20.9. The van der Waals surface area contributed by atoms with Crippen LogP contribution in [0.3, 0.4) is 0 Å². The molecule has 0 aromatic heterocycles. The summed E-state index contributed by atoms with van der Waals surface area (Å²) >= 11 is 0. The number of carbonyl (C=O) groups excluding carboxylic acids is 8. The van der Waals surface area contributed by atoms with Crippen LogP contribution >= 0.6 is 0 Å². The molecule has 0 bridgehead atoms. The number of rotatable bonds is 32. The zero-order valence-corrected chi connectivity index (χ0v) is 52.6. The molecule has 1 fully saturated rings. The first-order valence-electron chi connectivity index (χ1n) is 30.5. The normalized spacial score (nSPS) is 12.2. The van der Waals surface area contributed by atoms with Crippen molar-refractivity contribution in [2.45, 2.75) is 90.9 Å². The van der Waals surface area contributed by atoms with Crippen LogP contribution in [-0.2, 0) is 107 Å². The predicted molar refractivity (Wildman–Crippen MR) is 348 cm³/mol. The first-order chi connectivity index (χ1) is 44.3. The van der Waals surface area contributed by atoms with Crippen molar-refractivity contribution >= 4 is 81.9 Å². The van der Waals surface area contributed by atoms with Crippen LogP contribution in [0.15, 0.2) is 194 Å². The molecule has 0 radical (unpaired) electrons. The molecule has 6 aromatic carbocycles. The van der Waals surface area contributed by atoms with Gasteiger partial charge in [0.15, 0.2) is 0 Å². The van der Waals surface area contributed by atoms with Gasteiger partial charge in [-0.2, -0.15) is 0 Å². The van der Waals surface area contributed by atoms with Crippen molar-refractivity contribution in [3.63, 3.8) is 0 Å². The number of carbonyl (C=O) groups is 8. The lowest BCUT2D eigenvalue weighted by Crippen LogP contribution is -2.30. The van der Waals surface area contributed by atoms with Crippen molar-refractivity contribution in [1.82, 2.24) is 0 Å². The van der Waals surface area contributed by atoms with Crippen LogP contribution in [-0.4, -0.2) is 101 Å². The maximum atomic E-state index is 12.9. The molecular weight excluding hydrogens is 1170 g/mol. The number of nitrogens with zero attached hydrogens (tertiary/aromatic N) is 2. The summed E-state index contributed by atoms with van der Waals surface area (Å²) in [4.78, 5) is 104. The second-order valence-corrected chi connectivity index (χ2v) is 21.7. The lowest BCUT2D eigenvalue weighted by molar-refractivity contribution is -0.145. The number of anilines is 6. The summed E-state index contributed by atoms with van der Waals surface area (Å²) in [7, 11) is 0. The first-order valence-corrected chi connectivity index (χ1v) is 30.5. The van der Waals surface area contributed by atoms with Crippen molar-refractivity contribution in [3.8, 4) is 0 Å². The zero-order chi connectivity index (χ0) is 66.2. The molecule has 92 heavy (non-hydrogen) atoms. The van der Waals surface area contributed by atoms with Crippen LogP contribution in [0.1, 0.15) is 93.2 Å². The predicted octanol–water partition coefficient (Wildman–Crippen LogP) is 12.7. The van der Waals surface area contributed by atoms with Gasteiger partial charge in [-0.25, -0.2) is 19.2 Å². The Bertz CT molecular complexity index is 3190. The standard InChI is InChI=1S/C74H78N2O16/c1-9-85-70(81)50(5)46-89-66(77)42-54-16-28-60(29-17-54)75(61-30-18-55(19-31-61)43-67(78)90-47-51(6)71(82)86-10-2)64-36-24-58(25-37-64)74(40-14-13-15-41-74)59-26-38-65(39-27-59)76(62-32-20-56(21-33-62)44-68(79)91-48-52(7)72(83)87-11-3)63-34-22-57(23-35-63)45-69(80)92-49-53(8)73(84)88-12-4/h16-39H,5-15,40-49H2,1-4H3. The summed E-state index contributed by atoms with van der Waals surface area (Å²) in [5.41, 5.74) is 9.59. The highest BCUT2D eigenvalue weighted by atomic mass is 16.6. The van der Waals surface area contributed by atoms with Gasteiger partial charge in [0, 0.05) is 39.5 Å². The minimum Gasteiger partial charge on any atom is -0.463 e. The monoisotopic (exact) mass is 1250 g/mol. The Balaban J connectivity index is 1.17. The molecule has 0 saturated heterocycles. The van der Waals surface area contributed by atoms with Gasteiger partial charge in [0.1, 0.15) is 26.4 Å². The molecule has 480 valence electrons. The fourth-order valence-electron chi connectivity index (χ4n) is 10.4. The fourth-order valence-corrected chi connectivity index (χ4v) is 10.4. The van der Waals surface area contributed by atoms with Gasteiger partial charge in [0.2, 0.25) is 0 Å². The third-order valence-electron chi connectivity index (χ3n) is 15.1. The molecule has 1 saturated carbocycles. The van der Waals surface area contributed by atoms with E-state index in [1.165, 1.54) is 0 Å². The van der Waals surface area contributed by atoms with E-state index in [1.54, 1.807) is 27.7 Å². The van der Waals surface area contributed by atoms with Crippen LogP contribution in [0.25, 0.3) is 0 Å². The van der Waals surface area contributed by atoms with E-state index in [2.05, 4.69) is 84.6 Å². The molecular formula is C74H78N2O16. The number of hydrogen-bond acceptors (Lipinski definition) is 18. The number of hydrogen-bond donors (Lipinski definition) is 0. The molecule has 7 rings (SSSR count). The maximum Gasteiger partial charge on any atom is 0.336 e. The summed E-state index contributed by atoms with van der Waals surface area (Å²) in [5, 5.41) is 0. The Hall–Kier alpha value is -10.4. The smallest absolute Gasteiger partial charge is 0.336 e. The summed E-state index contributed by atoms with van der Waals surface area (Å²) in [5.74, 6) is -4.68. The van der Waals surface area contributed by atoms with Crippen LogP contribution in [0, 0.1) is 0 Å². The molecule has 0 N–H and O–H groups in total. The van der Waals surface area contributed by atoms with Gasteiger partial charge < -0.3 is 47.7 Å². The lowest BCUT2D eigenvalue weighted by Gasteiger charge is -2.39. The first kappa shape index (κ1) is 69.1. The molecule has 1 aliphatic rings. The van der Waals surface area contributed by atoms with Crippen LogP contribution < -0.4 is 9.80 Å². The molecule has 0 spiro atoms. The van der Waals surface area contributed by atoms with Crippen molar-refractivity contribution in [2.75, 3.05) is 62.7 Å². The largest absolute Gasteiger partial charge is 0.463 e. The third kappa shape index (κ3) is 19.3. The molecule has 0 aliphatic heterocycles. The molecule has 18 heteroatoms. The molecule has 0 atom stereocenters. The van der Waals surface area contributed by atoms with E-state index in [-0.39, 0.29) is 106 Å². The summed E-state index contributed by atoms with van der Waals surface area (Å²) in [6.07, 6.45) is 4.73. The van der Waals surface area contributed by atoms with Gasteiger partial charge in [-0.05, 0) is 147 Å². The average molecular weight is 1250 g/mol. The van der Waals surface area contributed by atoms with Gasteiger partial charge in [-0.3, -0.25) is 19.2 Å². The highest BCUT2D eigenvalue weighted by Crippen LogP contribution is 2.47. The molecule has 0 unspecified atom stereocenters. The van der Waals surface area contributed by atoms with E-state index in [0.29, 0.717) is 22.3 Å². The fraction of sp³-hybridized carbons (Fsp3) is 0.297. The highest BCUT2D eigenvalue weighted by molar-refractivity contribution is 5.91. The van der Waals surface area contributed by atoms with E-state index in [0.717, 1.165) is 77.4 Å². The second-order valence-electron chi connectivity index (χ2n) is 21.7. The summed E-state index contributed by atoms with van der Waals surface area (Å²) < 4.78 is 41.2. The average Bonchev–Trinajstić information content (AvgIpc) is 0.773.